The molecule has 0 radical (unpaired) electrons. The summed E-state index contributed by atoms with van der Waals surface area (Å²) in [6.07, 6.45) is 5.86. The van der Waals surface area contributed by atoms with Gasteiger partial charge in [-0.3, -0.25) is 4.68 Å². The zero-order chi connectivity index (χ0) is 13.1. The third-order valence-corrected chi connectivity index (χ3v) is 3.32. The van der Waals surface area contributed by atoms with E-state index >= 15 is 0 Å². The molecule has 1 aromatic carbocycles. The molecular formula is C14H17N3O2. The number of piperidine rings is 1. The van der Waals surface area contributed by atoms with Crippen LogP contribution in [-0.2, 0) is 0 Å². The number of hydrogen-bond donors (Lipinski definition) is 2. The molecule has 1 unspecified atom stereocenters. The Kier molecular flexibility index (Phi) is 3.37. The quantitative estimate of drug-likeness (QED) is 0.888. The first-order valence-electron chi connectivity index (χ1n) is 6.53. The van der Waals surface area contributed by atoms with Crippen molar-refractivity contribution in [3.05, 3.63) is 36.7 Å². The lowest BCUT2D eigenvalue weighted by molar-refractivity contribution is 0.345. The number of nitrogens with one attached hydrogen (secondary N) is 1. The van der Waals surface area contributed by atoms with Crippen molar-refractivity contribution in [1.29, 1.82) is 0 Å². The molecule has 0 amide bonds. The zero-order valence-electron chi connectivity index (χ0n) is 10.6. The standard InChI is InChI=1S/C14H17N3O2/c18-13-5-1-2-6-14(13)19-12-9-16-17(10-12)11-4-3-7-15-8-11/h1-2,5-6,9-11,15,18H,3-4,7-8H2. The molecule has 0 aliphatic carbocycles. The molecule has 5 heteroatoms. The van der Waals surface area contributed by atoms with Crippen LogP contribution in [0.3, 0.4) is 0 Å². The Bertz CT molecular complexity index is 547. The van der Waals surface area contributed by atoms with Gasteiger partial charge >= 0.3 is 0 Å². The van der Waals surface area contributed by atoms with Gasteiger partial charge in [-0.1, -0.05) is 12.1 Å². The monoisotopic (exact) mass is 259 g/mol. The van der Waals surface area contributed by atoms with Gasteiger partial charge in [-0.25, -0.2) is 0 Å². The van der Waals surface area contributed by atoms with E-state index in [2.05, 4.69) is 10.4 Å². The number of phenolic OH excluding ortho intramolecular Hbond substituents is 1. The molecular weight excluding hydrogens is 242 g/mol. The average molecular weight is 259 g/mol. The minimum absolute atomic E-state index is 0.134. The minimum Gasteiger partial charge on any atom is -0.504 e. The van der Waals surface area contributed by atoms with E-state index in [0.717, 1.165) is 19.5 Å². The van der Waals surface area contributed by atoms with Crippen LogP contribution in [0.5, 0.6) is 17.2 Å². The molecule has 2 aromatic rings. The highest BCUT2D eigenvalue weighted by atomic mass is 16.5. The van der Waals surface area contributed by atoms with Crippen LogP contribution < -0.4 is 10.1 Å². The Balaban J connectivity index is 1.73. The number of aromatic hydroxyl groups is 1. The van der Waals surface area contributed by atoms with Crippen molar-refractivity contribution < 1.29 is 9.84 Å². The van der Waals surface area contributed by atoms with E-state index in [1.807, 2.05) is 16.9 Å². The summed E-state index contributed by atoms with van der Waals surface area (Å²) < 4.78 is 7.56. The molecule has 2 heterocycles. The van der Waals surface area contributed by atoms with Crippen molar-refractivity contribution in [3.63, 3.8) is 0 Å². The molecule has 2 N–H and O–H groups in total. The van der Waals surface area contributed by atoms with Crippen LogP contribution in [0.15, 0.2) is 36.7 Å². The third kappa shape index (κ3) is 2.71. The summed E-state index contributed by atoms with van der Waals surface area (Å²) in [4.78, 5) is 0. The average Bonchev–Trinajstić information content (AvgIpc) is 2.91. The number of ether oxygens (including phenoxy) is 1. The maximum Gasteiger partial charge on any atom is 0.169 e. The van der Waals surface area contributed by atoms with Crippen LogP contribution in [0.2, 0.25) is 0 Å². The minimum atomic E-state index is 0.134. The predicted octanol–water partition coefficient (Wildman–Crippen LogP) is 2.31. The number of phenols is 1. The number of hydrogen-bond acceptors (Lipinski definition) is 4. The van der Waals surface area contributed by atoms with Gasteiger partial charge in [-0.15, -0.1) is 0 Å². The summed E-state index contributed by atoms with van der Waals surface area (Å²) in [5, 5.41) is 17.4. The summed E-state index contributed by atoms with van der Waals surface area (Å²) >= 11 is 0. The first-order chi connectivity index (χ1) is 9.33. The van der Waals surface area contributed by atoms with Crippen LogP contribution in [0.25, 0.3) is 0 Å². The van der Waals surface area contributed by atoms with Crippen molar-refractivity contribution in [2.24, 2.45) is 0 Å². The molecule has 0 spiro atoms. The summed E-state index contributed by atoms with van der Waals surface area (Å²) in [5.41, 5.74) is 0. The molecule has 0 bridgehead atoms. The molecule has 5 nitrogen and oxygen atoms in total. The second-order valence-corrected chi connectivity index (χ2v) is 4.73. The van der Waals surface area contributed by atoms with Crippen molar-refractivity contribution in [2.45, 2.75) is 18.9 Å². The second kappa shape index (κ2) is 5.32. The van der Waals surface area contributed by atoms with E-state index < -0.39 is 0 Å². The van der Waals surface area contributed by atoms with Crippen molar-refractivity contribution in [3.8, 4) is 17.2 Å². The highest BCUT2D eigenvalue weighted by molar-refractivity contribution is 5.40. The molecule has 1 fully saturated rings. The van der Waals surface area contributed by atoms with Crippen LogP contribution in [0.1, 0.15) is 18.9 Å². The lowest BCUT2D eigenvalue weighted by atomic mass is 10.1. The molecule has 1 atom stereocenters. The Hall–Kier alpha value is -2.01. The molecule has 100 valence electrons. The van der Waals surface area contributed by atoms with Gasteiger partial charge in [0.05, 0.1) is 18.4 Å². The highest BCUT2D eigenvalue weighted by Crippen LogP contribution is 2.30. The maximum atomic E-state index is 9.67. The molecule has 0 saturated carbocycles. The molecule has 3 rings (SSSR count). The highest BCUT2D eigenvalue weighted by Gasteiger charge is 2.16. The van der Waals surface area contributed by atoms with E-state index in [4.69, 9.17) is 4.74 Å². The van der Waals surface area contributed by atoms with Crippen LogP contribution in [0, 0.1) is 0 Å². The van der Waals surface area contributed by atoms with E-state index in [-0.39, 0.29) is 5.75 Å². The van der Waals surface area contributed by atoms with Gasteiger partial charge in [0, 0.05) is 6.54 Å². The first-order valence-corrected chi connectivity index (χ1v) is 6.53. The Morgan fingerprint density at radius 3 is 3.05 bits per heavy atom. The smallest absolute Gasteiger partial charge is 0.169 e. The lowest BCUT2D eigenvalue weighted by Crippen LogP contribution is -2.31. The van der Waals surface area contributed by atoms with E-state index in [1.165, 1.54) is 6.42 Å². The van der Waals surface area contributed by atoms with Gasteiger partial charge in [-0.05, 0) is 31.5 Å². The van der Waals surface area contributed by atoms with Gasteiger partial charge in [0.25, 0.3) is 0 Å². The van der Waals surface area contributed by atoms with Gasteiger partial charge in [0.2, 0.25) is 0 Å². The number of rotatable bonds is 3. The summed E-state index contributed by atoms with van der Waals surface area (Å²) in [5.74, 6) is 1.23. The topological polar surface area (TPSA) is 59.3 Å². The number of para-hydroxylation sites is 2. The molecule has 19 heavy (non-hydrogen) atoms. The van der Waals surface area contributed by atoms with Crippen LogP contribution in [0.4, 0.5) is 0 Å². The lowest BCUT2D eigenvalue weighted by Gasteiger charge is -2.22. The third-order valence-electron chi connectivity index (χ3n) is 3.32. The van der Waals surface area contributed by atoms with E-state index in [9.17, 15) is 5.11 Å². The van der Waals surface area contributed by atoms with E-state index in [1.54, 1.807) is 24.4 Å². The van der Waals surface area contributed by atoms with Crippen molar-refractivity contribution in [2.75, 3.05) is 13.1 Å². The Morgan fingerprint density at radius 2 is 2.26 bits per heavy atom. The van der Waals surface area contributed by atoms with Crippen LogP contribution >= 0.6 is 0 Å². The normalized spacial score (nSPS) is 19.3. The molecule has 1 aromatic heterocycles. The zero-order valence-corrected chi connectivity index (χ0v) is 10.6. The van der Waals surface area contributed by atoms with Crippen molar-refractivity contribution in [1.82, 2.24) is 15.1 Å². The fourth-order valence-corrected chi connectivity index (χ4v) is 2.30. The number of aromatic nitrogens is 2. The second-order valence-electron chi connectivity index (χ2n) is 4.73. The van der Waals surface area contributed by atoms with Gasteiger partial charge < -0.3 is 15.2 Å². The fraction of sp³-hybridized carbons (Fsp3) is 0.357. The summed E-state index contributed by atoms with van der Waals surface area (Å²) in [6.45, 7) is 2.02. The number of nitrogens with zero attached hydrogens (tertiary/aromatic N) is 2. The largest absolute Gasteiger partial charge is 0.504 e. The Morgan fingerprint density at radius 1 is 1.37 bits per heavy atom. The van der Waals surface area contributed by atoms with Gasteiger partial charge in [0.1, 0.15) is 0 Å². The van der Waals surface area contributed by atoms with Gasteiger partial charge in [-0.2, -0.15) is 5.10 Å². The molecule has 1 aliphatic heterocycles. The SMILES string of the molecule is Oc1ccccc1Oc1cnn(C2CCCNC2)c1. The summed E-state index contributed by atoms with van der Waals surface area (Å²) in [7, 11) is 0. The summed E-state index contributed by atoms with van der Waals surface area (Å²) in [6, 6.07) is 7.30. The predicted molar refractivity (Wildman–Crippen MR) is 71.5 cm³/mol. The number of benzene rings is 1. The van der Waals surface area contributed by atoms with E-state index in [0.29, 0.717) is 17.5 Å². The fourth-order valence-electron chi connectivity index (χ4n) is 2.30. The van der Waals surface area contributed by atoms with Crippen LogP contribution in [-0.4, -0.2) is 28.0 Å². The molecule has 1 aliphatic rings. The maximum absolute atomic E-state index is 9.67. The van der Waals surface area contributed by atoms with Crippen molar-refractivity contribution >= 4 is 0 Å². The molecule has 1 saturated heterocycles. The first kappa shape index (κ1) is 12.0. The Labute approximate surface area is 111 Å². The van der Waals surface area contributed by atoms with Gasteiger partial charge in [0.15, 0.2) is 17.2 Å².